The predicted octanol–water partition coefficient (Wildman–Crippen LogP) is 4.71. The van der Waals surface area contributed by atoms with Crippen molar-refractivity contribution in [2.24, 2.45) is 10.2 Å². The van der Waals surface area contributed by atoms with Gasteiger partial charge in [-0.1, -0.05) is 23.2 Å². The van der Waals surface area contributed by atoms with Crippen molar-refractivity contribution in [1.29, 1.82) is 0 Å². The number of nitrogens with one attached hydrogen (secondary N) is 1. The lowest BCUT2D eigenvalue weighted by Gasteiger charge is -2.15. The molecule has 31 heavy (non-hydrogen) atoms. The normalized spacial score (nSPS) is 11.7. The van der Waals surface area contributed by atoms with Gasteiger partial charge in [0.15, 0.2) is 5.78 Å². The Hall–Kier alpha value is -3.04. The molecule has 1 unspecified atom stereocenters. The van der Waals surface area contributed by atoms with Crippen molar-refractivity contribution in [3.05, 3.63) is 34.3 Å². The van der Waals surface area contributed by atoms with E-state index in [2.05, 4.69) is 15.5 Å². The van der Waals surface area contributed by atoms with Crippen LogP contribution in [0.1, 0.15) is 6.92 Å². The molecule has 0 spiro atoms. The van der Waals surface area contributed by atoms with Crippen molar-refractivity contribution in [3.63, 3.8) is 0 Å². The fraction of sp³-hybridized carbons (Fsp3) is 0.300. The van der Waals surface area contributed by atoms with Gasteiger partial charge in [0.25, 0.3) is 5.91 Å². The first kappa shape index (κ1) is 24.2. The molecule has 166 valence electrons. The molecule has 1 amide bonds. The van der Waals surface area contributed by atoms with Gasteiger partial charge in [-0.25, -0.2) is 0 Å². The second-order valence-electron chi connectivity index (χ2n) is 6.07. The topological polar surface area (TPSA) is 108 Å². The summed E-state index contributed by atoms with van der Waals surface area (Å²) in [5.41, 5.74) is 0.416. The van der Waals surface area contributed by atoms with E-state index in [0.29, 0.717) is 22.3 Å². The summed E-state index contributed by atoms with van der Waals surface area (Å²) in [4.78, 5) is 24.8. The molecule has 0 saturated carbocycles. The third kappa shape index (κ3) is 5.77. The Kier molecular flexibility index (Phi) is 8.47. The van der Waals surface area contributed by atoms with Crippen molar-refractivity contribution in [1.82, 2.24) is 0 Å². The molecule has 1 atom stereocenters. The Morgan fingerprint density at radius 3 is 2.10 bits per heavy atom. The third-order valence-corrected chi connectivity index (χ3v) is 4.77. The maximum atomic E-state index is 12.8. The number of rotatable bonds is 9. The molecule has 2 aromatic carbocycles. The van der Waals surface area contributed by atoms with Crippen LogP contribution in [0.5, 0.6) is 23.0 Å². The SMILES string of the molecule is COc1cc(N=NC(C(C)=O)C(=O)Nc2cc(OC)c(Cl)cc2OC)c(Cl)c(OC)c1. The number of ether oxygens (including phenoxy) is 4. The minimum atomic E-state index is -1.44. The summed E-state index contributed by atoms with van der Waals surface area (Å²) in [5, 5.41) is 10.9. The maximum absolute atomic E-state index is 12.8. The summed E-state index contributed by atoms with van der Waals surface area (Å²) in [7, 11) is 5.73. The molecule has 0 aliphatic rings. The Balaban J connectivity index is 2.36. The summed E-state index contributed by atoms with van der Waals surface area (Å²) < 4.78 is 20.7. The first-order valence-corrected chi connectivity index (χ1v) is 9.56. The number of carbonyl (C=O) groups is 2. The van der Waals surface area contributed by atoms with Gasteiger partial charge >= 0.3 is 0 Å². The van der Waals surface area contributed by atoms with Gasteiger partial charge in [-0.05, 0) is 6.92 Å². The average Bonchev–Trinajstić information content (AvgIpc) is 2.75. The summed E-state index contributed by atoms with van der Waals surface area (Å²) in [6, 6.07) is 4.56. The van der Waals surface area contributed by atoms with Crippen molar-refractivity contribution in [3.8, 4) is 23.0 Å². The number of methoxy groups -OCH3 is 4. The predicted molar refractivity (Wildman–Crippen MR) is 117 cm³/mol. The van der Waals surface area contributed by atoms with Crippen LogP contribution < -0.4 is 24.3 Å². The van der Waals surface area contributed by atoms with Gasteiger partial charge < -0.3 is 24.3 Å². The smallest absolute Gasteiger partial charge is 0.258 e. The quantitative estimate of drug-likeness (QED) is 0.420. The highest BCUT2D eigenvalue weighted by Crippen LogP contribution is 2.39. The molecule has 11 heteroatoms. The van der Waals surface area contributed by atoms with Gasteiger partial charge in [0.1, 0.15) is 33.7 Å². The fourth-order valence-electron chi connectivity index (χ4n) is 2.50. The van der Waals surface area contributed by atoms with E-state index >= 15 is 0 Å². The number of hydrogen-bond acceptors (Lipinski definition) is 8. The van der Waals surface area contributed by atoms with E-state index in [4.69, 9.17) is 42.1 Å². The van der Waals surface area contributed by atoms with E-state index in [9.17, 15) is 9.59 Å². The van der Waals surface area contributed by atoms with E-state index in [-0.39, 0.29) is 22.1 Å². The highest BCUT2D eigenvalue weighted by molar-refractivity contribution is 6.34. The van der Waals surface area contributed by atoms with Gasteiger partial charge in [-0.3, -0.25) is 9.59 Å². The van der Waals surface area contributed by atoms with E-state index in [1.807, 2.05) is 0 Å². The zero-order chi connectivity index (χ0) is 23.1. The standard InChI is InChI=1S/C20H21Cl2N3O6/c1-10(26)19(25-24-14-6-11(28-2)7-17(31-5)18(14)22)20(27)23-13-9-15(29-3)12(21)8-16(13)30-4/h6-9,19H,1-5H3,(H,23,27). The monoisotopic (exact) mass is 469 g/mol. The highest BCUT2D eigenvalue weighted by atomic mass is 35.5. The molecule has 0 aliphatic heterocycles. The van der Waals surface area contributed by atoms with Crippen LogP contribution in [0.4, 0.5) is 11.4 Å². The first-order valence-electron chi connectivity index (χ1n) is 8.80. The number of carbonyl (C=O) groups excluding carboxylic acids is 2. The summed E-state index contributed by atoms with van der Waals surface area (Å²) >= 11 is 12.3. The number of halogens is 2. The summed E-state index contributed by atoms with van der Waals surface area (Å²) in [6.07, 6.45) is 0. The lowest BCUT2D eigenvalue weighted by molar-refractivity contribution is -0.126. The Bertz CT molecular complexity index is 1010. The largest absolute Gasteiger partial charge is 0.497 e. The van der Waals surface area contributed by atoms with Crippen LogP contribution in [0.25, 0.3) is 0 Å². The van der Waals surface area contributed by atoms with Crippen LogP contribution in [-0.4, -0.2) is 46.2 Å². The van der Waals surface area contributed by atoms with Crippen molar-refractivity contribution >= 4 is 46.3 Å². The number of amides is 1. The van der Waals surface area contributed by atoms with Gasteiger partial charge in [0.05, 0.1) is 39.1 Å². The third-order valence-electron chi connectivity index (χ3n) is 4.10. The summed E-state index contributed by atoms with van der Waals surface area (Å²) in [6.45, 7) is 1.22. The molecule has 0 saturated heterocycles. The minimum absolute atomic E-state index is 0.152. The van der Waals surface area contributed by atoms with Crippen LogP contribution in [-0.2, 0) is 9.59 Å². The van der Waals surface area contributed by atoms with Gasteiger partial charge in [0.2, 0.25) is 6.04 Å². The molecule has 0 heterocycles. The van der Waals surface area contributed by atoms with Crippen LogP contribution in [0.2, 0.25) is 10.0 Å². The zero-order valence-corrected chi connectivity index (χ0v) is 19.0. The first-order chi connectivity index (χ1) is 14.7. The number of ketones is 1. The van der Waals surface area contributed by atoms with E-state index in [1.165, 1.54) is 53.6 Å². The van der Waals surface area contributed by atoms with Gasteiger partial charge in [0, 0.05) is 24.3 Å². The van der Waals surface area contributed by atoms with Gasteiger partial charge in [-0.2, -0.15) is 10.2 Å². The van der Waals surface area contributed by atoms with Crippen LogP contribution in [0, 0.1) is 0 Å². The van der Waals surface area contributed by atoms with Crippen LogP contribution in [0.3, 0.4) is 0 Å². The van der Waals surface area contributed by atoms with Crippen LogP contribution in [0.15, 0.2) is 34.5 Å². The molecule has 2 aromatic rings. The molecule has 0 bridgehead atoms. The molecule has 0 aromatic heterocycles. The van der Waals surface area contributed by atoms with Crippen molar-refractivity contribution in [2.75, 3.05) is 33.8 Å². The number of nitrogens with zero attached hydrogens (tertiary/aromatic N) is 2. The van der Waals surface area contributed by atoms with Crippen molar-refractivity contribution in [2.45, 2.75) is 13.0 Å². The fourth-order valence-corrected chi connectivity index (χ4v) is 2.95. The van der Waals surface area contributed by atoms with Crippen molar-refractivity contribution < 1.29 is 28.5 Å². The lowest BCUT2D eigenvalue weighted by atomic mass is 10.2. The average molecular weight is 470 g/mol. The zero-order valence-electron chi connectivity index (χ0n) is 17.5. The molecule has 0 radical (unpaired) electrons. The Morgan fingerprint density at radius 1 is 0.903 bits per heavy atom. The maximum Gasteiger partial charge on any atom is 0.258 e. The highest BCUT2D eigenvalue weighted by Gasteiger charge is 2.25. The second-order valence-corrected chi connectivity index (χ2v) is 6.85. The van der Waals surface area contributed by atoms with E-state index < -0.39 is 17.7 Å². The Morgan fingerprint density at radius 2 is 1.55 bits per heavy atom. The summed E-state index contributed by atoms with van der Waals surface area (Å²) in [5.74, 6) is 0.0406. The molecule has 1 N–H and O–H groups in total. The number of azo groups is 1. The molecule has 0 fully saturated rings. The van der Waals surface area contributed by atoms with E-state index in [0.717, 1.165) is 0 Å². The molecular weight excluding hydrogens is 449 g/mol. The molecule has 9 nitrogen and oxygen atoms in total. The second kappa shape index (κ2) is 10.8. The molecule has 2 rings (SSSR count). The number of Topliss-reactive ketones (excluding diaryl/α,β-unsaturated/α-hetero) is 1. The Labute approximate surface area is 189 Å². The molecular formula is C20H21Cl2N3O6. The van der Waals surface area contributed by atoms with Crippen LogP contribution >= 0.6 is 23.2 Å². The lowest BCUT2D eigenvalue weighted by Crippen LogP contribution is -2.32. The number of anilines is 1. The number of benzene rings is 2. The minimum Gasteiger partial charge on any atom is -0.497 e. The molecule has 0 aliphatic carbocycles. The van der Waals surface area contributed by atoms with E-state index in [1.54, 1.807) is 6.07 Å². The number of hydrogen-bond donors (Lipinski definition) is 1. The van der Waals surface area contributed by atoms with Gasteiger partial charge in [-0.15, -0.1) is 0 Å².